The van der Waals surface area contributed by atoms with Crippen LogP contribution < -0.4 is 28.2 Å². The van der Waals surface area contributed by atoms with Crippen molar-refractivity contribution in [3.63, 3.8) is 0 Å². The van der Waals surface area contributed by atoms with Crippen molar-refractivity contribution in [3.05, 3.63) is 0 Å². The van der Waals surface area contributed by atoms with E-state index in [0.29, 0.717) is 0 Å². The van der Waals surface area contributed by atoms with Gasteiger partial charge in [0.05, 0.1) is 0 Å². The molecule has 0 aromatic heterocycles. The molecule has 0 atom stereocenters. The Morgan fingerprint density at radius 2 is 0.375 bits per heavy atom. The summed E-state index contributed by atoms with van der Waals surface area (Å²) < 4.78 is 0. The van der Waals surface area contributed by atoms with E-state index < -0.39 is 0 Å². The Morgan fingerprint density at radius 1 is 0.375 bits per heavy atom. The van der Waals surface area contributed by atoms with Gasteiger partial charge in [0.25, 0.3) is 0 Å². The van der Waals surface area contributed by atoms with Gasteiger partial charge in [-0.15, -0.1) is 0 Å². The summed E-state index contributed by atoms with van der Waals surface area (Å²) in [5.74, 6) is 0. The molecule has 0 spiro atoms. The fourth-order valence-electron chi connectivity index (χ4n) is 0. The minimum Gasteiger partial charge on any atom is -1.00 e. The van der Waals surface area contributed by atoms with Gasteiger partial charge in [-0.1, -0.05) is 0 Å². The number of halogens is 6. The van der Waals surface area contributed by atoms with E-state index in [9.17, 15) is 0 Å². The molecule has 8 heteroatoms. The zero-order valence-electron chi connectivity index (χ0n) is 3.15. The minimum absolute atomic E-state index is 0. The molecular formula is F6HoY. The smallest absolute Gasteiger partial charge is 1.00 e. The molecule has 0 aromatic rings. The van der Waals surface area contributed by atoms with Gasteiger partial charge in [0.1, 0.15) is 0 Å². The van der Waals surface area contributed by atoms with Crippen LogP contribution in [0.5, 0.6) is 0 Å². The zero-order valence-corrected chi connectivity index (χ0v) is 7.92. The Labute approximate surface area is 97.2 Å². The predicted molar refractivity (Wildman–Crippen MR) is 0 cm³/mol. The average molecular weight is 368 g/mol. The first kappa shape index (κ1) is 211. The third-order valence-electron chi connectivity index (χ3n) is 0. The van der Waals surface area contributed by atoms with E-state index in [1.165, 1.54) is 0 Å². The summed E-state index contributed by atoms with van der Waals surface area (Å²) >= 11 is 0. The second-order valence-corrected chi connectivity index (χ2v) is 0. The molecule has 8 heavy (non-hydrogen) atoms. The summed E-state index contributed by atoms with van der Waals surface area (Å²) in [5, 5.41) is 0. The van der Waals surface area contributed by atoms with Crippen molar-refractivity contribution >= 4 is 0 Å². The summed E-state index contributed by atoms with van der Waals surface area (Å²) in [6, 6.07) is 0. The molecule has 0 aliphatic rings. The fraction of sp³-hybridized carbons (Fsp3) is 0. The van der Waals surface area contributed by atoms with Gasteiger partial charge < -0.3 is 28.2 Å². The van der Waals surface area contributed by atoms with Gasteiger partial charge in [0.15, 0.2) is 0 Å². The summed E-state index contributed by atoms with van der Waals surface area (Å²) in [6.07, 6.45) is 0. The maximum atomic E-state index is 0. The molecule has 0 aliphatic heterocycles. The van der Waals surface area contributed by atoms with Crippen LogP contribution in [0.4, 0.5) is 0 Å². The molecule has 0 saturated carbocycles. The molecule has 0 heterocycles. The maximum absolute atomic E-state index is 0. The van der Waals surface area contributed by atoms with Gasteiger partial charge >= 0.3 is 70.4 Å². The molecule has 0 rings (SSSR count). The van der Waals surface area contributed by atoms with Crippen LogP contribution in [0.1, 0.15) is 0 Å². The van der Waals surface area contributed by atoms with Crippen LogP contribution in [0.15, 0.2) is 0 Å². The summed E-state index contributed by atoms with van der Waals surface area (Å²) in [5.41, 5.74) is 0. The normalized spacial score (nSPS) is 0. The van der Waals surface area contributed by atoms with Crippen LogP contribution in [-0.2, 0) is 32.7 Å². The van der Waals surface area contributed by atoms with Gasteiger partial charge in [-0.25, -0.2) is 0 Å². The molecule has 0 aromatic carbocycles. The monoisotopic (exact) mass is 368 g/mol. The molecule has 0 nitrogen and oxygen atoms in total. The van der Waals surface area contributed by atoms with E-state index in [2.05, 4.69) is 0 Å². The Kier molecular flexibility index (Phi) is 3930. The van der Waals surface area contributed by atoms with Crippen LogP contribution in [0.3, 0.4) is 0 Å². The molecule has 0 fully saturated rings. The molecule has 0 radical (unpaired) electrons. The molecule has 0 bridgehead atoms. The second kappa shape index (κ2) is 149. The Balaban J connectivity index is 0. The Bertz CT molecular complexity index is 8.49. The molecule has 0 unspecified atom stereocenters. The van der Waals surface area contributed by atoms with E-state index in [4.69, 9.17) is 0 Å². The molecule has 0 N–H and O–H groups in total. The van der Waals surface area contributed by atoms with Crippen molar-refractivity contribution in [2.45, 2.75) is 0 Å². The van der Waals surface area contributed by atoms with Gasteiger partial charge in [-0.05, 0) is 0 Å². The van der Waals surface area contributed by atoms with E-state index in [-0.39, 0.29) is 98.7 Å². The van der Waals surface area contributed by atoms with Crippen LogP contribution >= 0.6 is 0 Å². The Morgan fingerprint density at radius 3 is 0.375 bits per heavy atom. The van der Waals surface area contributed by atoms with Crippen LogP contribution in [-0.4, -0.2) is 0 Å². The number of rotatable bonds is 0. The van der Waals surface area contributed by atoms with Crippen LogP contribution in [0, 0.1) is 37.7 Å². The van der Waals surface area contributed by atoms with Crippen molar-refractivity contribution in [1.82, 2.24) is 0 Å². The Hall–Kier alpha value is 1.94. The van der Waals surface area contributed by atoms with Crippen LogP contribution in [0.2, 0.25) is 0 Å². The van der Waals surface area contributed by atoms with E-state index in [1.807, 2.05) is 0 Å². The predicted octanol–water partition coefficient (Wildman–Crippen LogP) is -18.0. The quantitative estimate of drug-likeness (QED) is 0.295. The average Bonchev–Trinajstić information content (AvgIpc) is 0. The minimum atomic E-state index is 0. The zero-order chi connectivity index (χ0) is 0. The van der Waals surface area contributed by atoms with Crippen molar-refractivity contribution in [2.75, 3.05) is 0 Å². The van der Waals surface area contributed by atoms with Gasteiger partial charge in [0.2, 0.25) is 0 Å². The second-order valence-electron chi connectivity index (χ2n) is 0. The first-order valence-corrected chi connectivity index (χ1v) is 0. The first-order chi connectivity index (χ1) is 0. The third-order valence-corrected chi connectivity index (χ3v) is 0. The molecule has 0 saturated heterocycles. The van der Waals surface area contributed by atoms with Crippen molar-refractivity contribution in [1.29, 1.82) is 0 Å². The third kappa shape index (κ3) is 101. The van der Waals surface area contributed by atoms with E-state index >= 15 is 0 Å². The first-order valence-electron chi connectivity index (χ1n) is 0. The summed E-state index contributed by atoms with van der Waals surface area (Å²) in [7, 11) is 0. The molecule has 0 amide bonds. The fourth-order valence-corrected chi connectivity index (χ4v) is 0. The molecule has 56 valence electrons. The van der Waals surface area contributed by atoms with Crippen molar-refractivity contribution in [2.24, 2.45) is 0 Å². The molecule has 0 aliphatic carbocycles. The number of hydrogen-bond donors (Lipinski definition) is 0. The summed E-state index contributed by atoms with van der Waals surface area (Å²) in [4.78, 5) is 0. The number of hydrogen-bond acceptors (Lipinski definition) is 0. The van der Waals surface area contributed by atoms with E-state index in [1.54, 1.807) is 0 Å². The van der Waals surface area contributed by atoms with Crippen molar-refractivity contribution in [3.8, 4) is 0 Å². The van der Waals surface area contributed by atoms with E-state index in [0.717, 1.165) is 0 Å². The van der Waals surface area contributed by atoms with Crippen molar-refractivity contribution < 1.29 is 98.7 Å². The summed E-state index contributed by atoms with van der Waals surface area (Å²) in [6.45, 7) is 0. The SMILES string of the molecule is [F-].[F-].[F-].[F-].[F-].[F-].[Ho+3].[Y+3]. The maximum Gasteiger partial charge on any atom is 3.00 e. The van der Waals surface area contributed by atoms with Gasteiger partial charge in [-0.3, -0.25) is 0 Å². The standard InChI is InChI=1S/6FH.Ho.Y/h6*1H;;/q;;;;;;2*+3/p-6. The van der Waals surface area contributed by atoms with Crippen LogP contribution in [0.25, 0.3) is 0 Å². The van der Waals surface area contributed by atoms with Gasteiger partial charge in [0, 0.05) is 0 Å². The largest absolute Gasteiger partial charge is 3.00 e. The van der Waals surface area contributed by atoms with Gasteiger partial charge in [-0.2, -0.15) is 0 Å². The topological polar surface area (TPSA) is 0 Å². The molecular weight excluding hydrogens is 368 g/mol.